The van der Waals surface area contributed by atoms with E-state index in [0.29, 0.717) is 9.90 Å². The van der Waals surface area contributed by atoms with Crippen LogP contribution < -0.4 is 4.74 Å². The predicted molar refractivity (Wildman–Crippen MR) is 124 cm³/mol. The van der Waals surface area contributed by atoms with E-state index in [-0.39, 0.29) is 5.78 Å². The number of aryl methyl sites for hydroxylation is 1. The van der Waals surface area contributed by atoms with Crippen molar-refractivity contribution in [2.45, 2.75) is 6.92 Å². The minimum atomic E-state index is -0.0603. The van der Waals surface area contributed by atoms with E-state index in [4.69, 9.17) is 16.3 Å². The molecule has 30 heavy (non-hydrogen) atoms. The van der Waals surface area contributed by atoms with Crippen LogP contribution in [0.25, 0.3) is 16.6 Å². The second-order valence-corrected chi connectivity index (χ2v) is 8.06. The summed E-state index contributed by atoms with van der Waals surface area (Å²) < 4.78 is 5.79. The average molecular weight is 432 g/mol. The first kappa shape index (κ1) is 20.1. The number of ether oxygens (including phenoxy) is 1. The molecule has 0 aliphatic carbocycles. The van der Waals surface area contributed by atoms with Gasteiger partial charge < -0.3 is 4.74 Å². The summed E-state index contributed by atoms with van der Waals surface area (Å²) in [5.74, 6) is 1.47. The van der Waals surface area contributed by atoms with Gasteiger partial charge in [0.15, 0.2) is 5.78 Å². The van der Waals surface area contributed by atoms with Crippen molar-refractivity contribution in [3.8, 4) is 22.1 Å². The van der Waals surface area contributed by atoms with Gasteiger partial charge in [0.25, 0.3) is 0 Å². The van der Waals surface area contributed by atoms with Gasteiger partial charge >= 0.3 is 0 Å². The highest BCUT2D eigenvalue weighted by Gasteiger charge is 2.14. The first-order chi connectivity index (χ1) is 14.6. The minimum Gasteiger partial charge on any atom is -0.457 e. The molecule has 3 nitrogen and oxygen atoms in total. The first-order valence-electron chi connectivity index (χ1n) is 9.37. The molecule has 148 valence electrons. The van der Waals surface area contributed by atoms with E-state index < -0.39 is 0 Å². The lowest BCUT2D eigenvalue weighted by Gasteiger charge is -2.05. The predicted octanol–water partition coefficient (Wildman–Crippen LogP) is 7.46. The topological polar surface area (TPSA) is 39.2 Å². The zero-order valence-corrected chi connectivity index (χ0v) is 17.8. The molecule has 0 bridgehead atoms. The number of hydrogen-bond acceptors (Lipinski definition) is 4. The molecule has 4 aromatic rings. The zero-order valence-electron chi connectivity index (χ0n) is 16.2. The number of halogens is 1. The highest BCUT2D eigenvalue weighted by Crippen LogP contribution is 2.29. The van der Waals surface area contributed by atoms with Gasteiger partial charge in [0.1, 0.15) is 16.5 Å². The standard InChI is InChI=1S/C25H18ClNO2S/c1-17-24(30-25(27-17)19-10-12-20(26)13-11-19)23(28)16-9-18-7-14-22(15-8-18)29-21-5-3-2-4-6-21/h2-16H,1H3. The normalized spacial score (nSPS) is 11.0. The molecule has 0 aliphatic rings. The molecule has 0 radical (unpaired) electrons. The van der Waals surface area contributed by atoms with Crippen molar-refractivity contribution in [3.05, 3.63) is 106 Å². The van der Waals surface area contributed by atoms with Gasteiger partial charge in [-0.3, -0.25) is 4.79 Å². The number of benzene rings is 3. The van der Waals surface area contributed by atoms with Gasteiger partial charge in [-0.15, -0.1) is 11.3 Å². The van der Waals surface area contributed by atoms with Crippen molar-refractivity contribution in [2.75, 3.05) is 0 Å². The molecule has 5 heteroatoms. The lowest BCUT2D eigenvalue weighted by Crippen LogP contribution is -1.93. The molecule has 0 amide bonds. The Morgan fingerprint density at radius 1 is 0.933 bits per heavy atom. The lowest BCUT2D eigenvalue weighted by atomic mass is 10.1. The fraction of sp³-hybridized carbons (Fsp3) is 0.0400. The number of nitrogens with zero attached hydrogens (tertiary/aromatic N) is 1. The Morgan fingerprint density at radius 2 is 1.60 bits per heavy atom. The quantitative estimate of drug-likeness (QED) is 0.235. The molecule has 0 saturated carbocycles. The van der Waals surface area contributed by atoms with Crippen molar-refractivity contribution >= 4 is 34.8 Å². The molecule has 1 heterocycles. The maximum Gasteiger partial charge on any atom is 0.197 e. The average Bonchev–Trinajstić information content (AvgIpc) is 3.16. The van der Waals surface area contributed by atoms with E-state index in [2.05, 4.69) is 4.98 Å². The third-order valence-corrected chi connectivity index (χ3v) is 5.87. The fourth-order valence-corrected chi connectivity index (χ4v) is 3.98. The van der Waals surface area contributed by atoms with E-state index in [1.807, 2.05) is 85.8 Å². The van der Waals surface area contributed by atoms with Crippen LogP contribution in [0.15, 0.2) is 84.9 Å². The van der Waals surface area contributed by atoms with Gasteiger partial charge in [0.2, 0.25) is 0 Å². The van der Waals surface area contributed by atoms with Crippen LogP contribution >= 0.6 is 22.9 Å². The molecule has 0 fully saturated rings. The maximum absolute atomic E-state index is 12.7. The van der Waals surface area contributed by atoms with Crippen LogP contribution in [0.5, 0.6) is 11.5 Å². The van der Waals surface area contributed by atoms with Crippen LogP contribution in [0, 0.1) is 6.92 Å². The second kappa shape index (κ2) is 9.08. The Bertz CT molecular complexity index is 1180. The number of thiazole rings is 1. The number of hydrogen-bond donors (Lipinski definition) is 0. The van der Waals surface area contributed by atoms with E-state index in [0.717, 1.165) is 33.3 Å². The van der Waals surface area contributed by atoms with E-state index >= 15 is 0 Å². The third-order valence-electron chi connectivity index (χ3n) is 4.40. The highest BCUT2D eigenvalue weighted by atomic mass is 35.5. The zero-order chi connectivity index (χ0) is 20.9. The summed E-state index contributed by atoms with van der Waals surface area (Å²) in [6.07, 6.45) is 3.38. The molecule has 0 atom stereocenters. The van der Waals surface area contributed by atoms with Crippen LogP contribution in [-0.4, -0.2) is 10.8 Å². The molecular weight excluding hydrogens is 414 g/mol. The Morgan fingerprint density at radius 3 is 2.30 bits per heavy atom. The molecule has 4 rings (SSSR count). The smallest absolute Gasteiger partial charge is 0.197 e. The molecule has 0 unspecified atom stereocenters. The summed E-state index contributed by atoms with van der Waals surface area (Å²) in [5, 5.41) is 1.48. The number of carbonyl (C=O) groups is 1. The van der Waals surface area contributed by atoms with Gasteiger partial charge in [-0.2, -0.15) is 0 Å². The number of aromatic nitrogens is 1. The van der Waals surface area contributed by atoms with Crippen LogP contribution in [0.3, 0.4) is 0 Å². The Kier molecular flexibility index (Phi) is 6.07. The van der Waals surface area contributed by atoms with Crippen LogP contribution in [0.1, 0.15) is 20.9 Å². The number of carbonyl (C=O) groups excluding carboxylic acids is 1. The number of para-hydroxylation sites is 1. The molecule has 0 spiro atoms. The largest absolute Gasteiger partial charge is 0.457 e. The Balaban J connectivity index is 1.45. The van der Waals surface area contributed by atoms with E-state index in [1.54, 1.807) is 12.2 Å². The van der Waals surface area contributed by atoms with Gasteiger partial charge in [-0.05, 0) is 55.0 Å². The second-order valence-electron chi connectivity index (χ2n) is 6.62. The van der Waals surface area contributed by atoms with E-state index in [9.17, 15) is 4.79 Å². The van der Waals surface area contributed by atoms with Crippen LogP contribution in [-0.2, 0) is 0 Å². The van der Waals surface area contributed by atoms with Gasteiger partial charge in [-0.25, -0.2) is 4.98 Å². The summed E-state index contributed by atoms with van der Waals surface area (Å²) >= 11 is 7.34. The molecule has 0 aliphatic heterocycles. The number of rotatable bonds is 6. The minimum absolute atomic E-state index is 0.0603. The number of allylic oxidation sites excluding steroid dienone is 1. The molecule has 1 aromatic heterocycles. The van der Waals surface area contributed by atoms with Crippen molar-refractivity contribution < 1.29 is 9.53 Å². The van der Waals surface area contributed by atoms with Gasteiger partial charge in [0.05, 0.1) is 10.6 Å². The molecule has 0 N–H and O–H groups in total. The SMILES string of the molecule is Cc1nc(-c2ccc(Cl)cc2)sc1C(=O)C=Cc1ccc(Oc2ccccc2)cc1. The van der Waals surface area contributed by atoms with Gasteiger partial charge in [-0.1, -0.05) is 60.1 Å². The van der Waals surface area contributed by atoms with Crippen molar-refractivity contribution in [2.24, 2.45) is 0 Å². The lowest BCUT2D eigenvalue weighted by molar-refractivity contribution is 0.105. The first-order valence-corrected chi connectivity index (χ1v) is 10.6. The van der Waals surface area contributed by atoms with Gasteiger partial charge in [0, 0.05) is 10.6 Å². The van der Waals surface area contributed by atoms with Crippen molar-refractivity contribution in [1.82, 2.24) is 4.98 Å². The number of ketones is 1. The molecular formula is C25H18ClNO2S. The van der Waals surface area contributed by atoms with Crippen molar-refractivity contribution in [1.29, 1.82) is 0 Å². The highest BCUT2D eigenvalue weighted by molar-refractivity contribution is 7.17. The molecule has 0 saturated heterocycles. The molecule has 3 aromatic carbocycles. The van der Waals surface area contributed by atoms with Crippen LogP contribution in [0.2, 0.25) is 5.02 Å². The monoisotopic (exact) mass is 431 g/mol. The summed E-state index contributed by atoms with van der Waals surface area (Å²) in [6, 6.07) is 24.7. The van der Waals surface area contributed by atoms with E-state index in [1.165, 1.54) is 11.3 Å². The fourth-order valence-electron chi connectivity index (χ4n) is 2.86. The summed E-state index contributed by atoms with van der Waals surface area (Å²) in [4.78, 5) is 17.9. The van der Waals surface area contributed by atoms with Crippen LogP contribution in [0.4, 0.5) is 0 Å². The summed E-state index contributed by atoms with van der Waals surface area (Å²) in [5.41, 5.74) is 2.60. The van der Waals surface area contributed by atoms with Crippen molar-refractivity contribution in [3.63, 3.8) is 0 Å². The maximum atomic E-state index is 12.7. The summed E-state index contributed by atoms with van der Waals surface area (Å²) in [7, 11) is 0. The third kappa shape index (κ3) is 4.85. The Labute approximate surface area is 184 Å². The summed E-state index contributed by atoms with van der Waals surface area (Å²) in [6.45, 7) is 1.85. The Hall–Kier alpha value is -3.21.